The first-order valence-electron chi connectivity index (χ1n) is 19.1. The van der Waals surface area contributed by atoms with E-state index in [2.05, 4.69) is 27.9 Å². The number of nitrogens with one attached hydrogen (secondary N) is 1. The monoisotopic (exact) mass is 974 g/mol. The second kappa shape index (κ2) is 19.1. The maximum atomic E-state index is 15.4. The van der Waals surface area contributed by atoms with Gasteiger partial charge in [-0.25, -0.2) is 13.2 Å². The summed E-state index contributed by atoms with van der Waals surface area (Å²) in [7, 11) is 0. The predicted octanol–water partition coefficient (Wildman–Crippen LogP) is 9.97. The lowest BCUT2D eigenvalue weighted by Crippen LogP contribution is -2.39. The Balaban J connectivity index is 1.23. The van der Waals surface area contributed by atoms with E-state index in [1.54, 1.807) is 50.4 Å². The third kappa shape index (κ3) is 9.30. The second-order valence-corrected chi connectivity index (χ2v) is 16.3. The number of aromatic nitrogens is 2. The van der Waals surface area contributed by atoms with Crippen LogP contribution in [0.15, 0.2) is 73.1 Å². The quantitative estimate of drug-likeness (QED) is 0.0764. The molecule has 6 rings (SSSR count). The Labute approximate surface area is 367 Å². The molecule has 0 aliphatic heterocycles. The van der Waals surface area contributed by atoms with Crippen molar-refractivity contribution in [2.45, 2.75) is 46.0 Å². The van der Waals surface area contributed by atoms with Gasteiger partial charge in [0.2, 0.25) is 12.3 Å². The van der Waals surface area contributed by atoms with Crippen molar-refractivity contribution in [2.75, 3.05) is 32.8 Å². The van der Waals surface area contributed by atoms with Crippen LogP contribution >= 0.6 is 45.8 Å². The minimum absolute atomic E-state index is 0.0386. The Morgan fingerprint density at radius 2 is 1.55 bits per heavy atom. The van der Waals surface area contributed by atoms with Crippen molar-refractivity contribution in [2.24, 2.45) is 0 Å². The van der Waals surface area contributed by atoms with E-state index < -0.39 is 47.0 Å². The molecule has 0 aliphatic rings. The molecule has 2 atom stereocenters. The summed E-state index contributed by atoms with van der Waals surface area (Å²) < 4.78 is 58.7. The standard InChI is InChI=1S/C44H40Cl2F3IN4O6/c1-5-13-60-37-15-30-33(20-53(36(30)17-34(37)45)44(58)29-12-9-27(47)14-35(29)48)25(4)19-52(23-55)22-39(56)51-18-24(3)32-21-54(43(57)26-7-10-28(50)11-8-26)42-31(32)16-38(59-6-2)41(49)40(42)46/h7-12,14-17,20-21,23-25H,5-6,13,18-19,22H2,1-4H3,(H,51,56). The number of amides is 2. The van der Waals surface area contributed by atoms with Crippen LogP contribution in [0, 0.1) is 21.0 Å². The van der Waals surface area contributed by atoms with E-state index in [0.29, 0.717) is 64.2 Å². The van der Waals surface area contributed by atoms with Gasteiger partial charge in [-0.05, 0) is 102 Å². The molecule has 0 saturated carbocycles. The van der Waals surface area contributed by atoms with Crippen LogP contribution in [0.5, 0.6) is 11.5 Å². The molecule has 6 aromatic rings. The molecule has 4 aromatic carbocycles. The summed E-state index contributed by atoms with van der Waals surface area (Å²) in [5.41, 5.74) is 1.68. The van der Waals surface area contributed by atoms with Crippen LogP contribution in [0.4, 0.5) is 13.2 Å². The number of ether oxygens (including phenoxy) is 2. The van der Waals surface area contributed by atoms with Crippen molar-refractivity contribution in [3.8, 4) is 11.5 Å². The molecular weight excluding hydrogens is 935 g/mol. The number of hydrogen-bond donors (Lipinski definition) is 1. The lowest BCUT2D eigenvalue weighted by atomic mass is 9.99. The van der Waals surface area contributed by atoms with Crippen LogP contribution in [-0.2, 0) is 9.59 Å². The van der Waals surface area contributed by atoms with Gasteiger partial charge < -0.3 is 19.7 Å². The van der Waals surface area contributed by atoms with E-state index in [-0.39, 0.29) is 53.1 Å². The van der Waals surface area contributed by atoms with Crippen molar-refractivity contribution in [3.05, 3.63) is 126 Å². The van der Waals surface area contributed by atoms with E-state index in [0.717, 1.165) is 15.7 Å². The van der Waals surface area contributed by atoms with E-state index in [9.17, 15) is 28.0 Å². The van der Waals surface area contributed by atoms with Gasteiger partial charge in [0.15, 0.2) is 11.6 Å². The summed E-state index contributed by atoms with van der Waals surface area (Å²) in [4.78, 5) is 54.5. The van der Waals surface area contributed by atoms with Gasteiger partial charge in [0, 0.05) is 63.3 Å². The molecule has 0 radical (unpaired) electrons. The van der Waals surface area contributed by atoms with Gasteiger partial charge in [0.05, 0.1) is 41.4 Å². The third-order valence-corrected chi connectivity index (χ3v) is 11.3. The average Bonchev–Trinajstić information content (AvgIpc) is 3.79. The summed E-state index contributed by atoms with van der Waals surface area (Å²) in [5.74, 6) is -4.96. The summed E-state index contributed by atoms with van der Waals surface area (Å²) >= 11 is 15.2. The lowest BCUT2D eigenvalue weighted by molar-refractivity contribution is -0.128. The first-order chi connectivity index (χ1) is 28.7. The smallest absolute Gasteiger partial charge is 0.265 e. The molecule has 0 saturated heterocycles. The lowest BCUT2D eigenvalue weighted by Gasteiger charge is -2.22. The van der Waals surface area contributed by atoms with Crippen molar-refractivity contribution in [1.29, 1.82) is 0 Å². The number of nitrogens with zero attached hydrogens (tertiary/aromatic N) is 3. The zero-order valence-electron chi connectivity index (χ0n) is 33.0. The fraction of sp³-hybridized carbons (Fsp3) is 0.273. The van der Waals surface area contributed by atoms with Crippen molar-refractivity contribution in [1.82, 2.24) is 19.4 Å². The number of halogens is 6. The minimum Gasteiger partial charge on any atom is -0.492 e. The molecule has 0 bridgehead atoms. The highest BCUT2D eigenvalue weighted by atomic mass is 127. The molecule has 2 aromatic heterocycles. The van der Waals surface area contributed by atoms with Gasteiger partial charge >= 0.3 is 0 Å². The van der Waals surface area contributed by atoms with Crippen molar-refractivity contribution >= 4 is 91.7 Å². The van der Waals surface area contributed by atoms with E-state index >= 15 is 4.39 Å². The molecule has 0 spiro atoms. The van der Waals surface area contributed by atoms with Gasteiger partial charge in [-0.1, -0.05) is 44.0 Å². The average molecular weight is 976 g/mol. The Hall–Kier alpha value is -5.06. The fourth-order valence-corrected chi connectivity index (χ4v) is 7.86. The van der Waals surface area contributed by atoms with Crippen LogP contribution in [0.1, 0.15) is 77.8 Å². The molecular formula is C44H40Cl2F3IN4O6. The highest BCUT2D eigenvalue weighted by Crippen LogP contribution is 2.40. The molecule has 2 amide bonds. The molecule has 0 fully saturated rings. The number of hydrogen-bond acceptors (Lipinski definition) is 6. The SMILES string of the molecule is CCCOc1cc2c(C(C)CN(C=O)CC(=O)NCC(C)c3cn(C(=O)c4ccc(I)cc4)c4c(Cl)c(F)c(OCC)cc34)cn(C(=O)c3ccc(F)cc3F)c2cc1Cl. The third-order valence-electron chi connectivity index (χ3n) is 9.98. The van der Waals surface area contributed by atoms with Crippen molar-refractivity contribution in [3.63, 3.8) is 0 Å². The minimum atomic E-state index is -1.04. The Morgan fingerprint density at radius 1 is 0.867 bits per heavy atom. The normalized spacial score (nSPS) is 12.4. The Kier molecular flexibility index (Phi) is 14.2. The summed E-state index contributed by atoms with van der Waals surface area (Å²) in [6.45, 7) is 7.60. The zero-order valence-corrected chi connectivity index (χ0v) is 36.6. The number of fused-ring (bicyclic) bond motifs is 2. The maximum absolute atomic E-state index is 15.4. The van der Waals surface area contributed by atoms with Crippen LogP contribution < -0.4 is 14.8 Å². The van der Waals surface area contributed by atoms with Crippen LogP contribution in [0.2, 0.25) is 10.0 Å². The van der Waals surface area contributed by atoms with E-state index in [1.807, 2.05) is 13.8 Å². The molecule has 1 N–H and O–H groups in total. The molecule has 60 heavy (non-hydrogen) atoms. The van der Waals surface area contributed by atoms with Crippen LogP contribution in [0.3, 0.4) is 0 Å². The van der Waals surface area contributed by atoms with Crippen molar-refractivity contribution < 1.29 is 41.8 Å². The number of carbonyl (C=O) groups excluding carboxylic acids is 4. The summed E-state index contributed by atoms with van der Waals surface area (Å²) in [5, 5.41) is 3.81. The first kappa shape index (κ1) is 44.5. The molecule has 16 heteroatoms. The maximum Gasteiger partial charge on any atom is 0.265 e. The molecule has 314 valence electrons. The molecule has 10 nitrogen and oxygen atoms in total. The van der Waals surface area contributed by atoms with Gasteiger partial charge in [0.25, 0.3) is 11.8 Å². The summed E-state index contributed by atoms with van der Waals surface area (Å²) in [6.07, 6.45) is 4.34. The van der Waals surface area contributed by atoms with Gasteiger partial charge in [-0.15, -0.1) is 0 Å². The van der Waals surface area contributed by atoms with Gasteiger partial charge in [0.1, 0.15) is 22.4 Å². The van der Waals surface area contributed by atoms with Crippen LogP contribution in [-0.4, -0.2) is 71.0 Å². The predicted molar refractivity (Wildman–Crippen MR) is 233 cm³/mol. The van der Waals surface area contributed by atoms with E-state index in [4.69, 9.17) is 32.7 Å². The Bertz CT molecular complexity index is 2620. The largest absolute Gasteiger partial charge is 0.492 e. The fourth-order valence-electron chi connectivity index (χ4n) is 7.01. The topological polar surface area (TPSA) is 112 Å². The highest BCUT2D eigenvalue weighted by Gasteiger charge is 2.27. The van der Waals surface area contributed by atoms with Gasteiger partial charge in [-0.3, -0.25) is 28.3 Å². The second-order valence-electron chi connectivity index (χ2n) is 14.3. The zero-order chi connectivity index (χ0) is 43.4. The van der Waals surface area contributed by atoms with Crippen LogP contribution in [0.25, 0.3) is 21.8 Å². The number of benzene rings is 4. The number of rotatable bonds is 16. The van der Waals surface area contributed by atoms with Gasteiger partial charge in [-0.2, -0.15) is 0 Å². The van der Waals surface area contributed by atoms with E-state index in [1.165, 1.54) is 32.4 Å². The highest BCUT2D eigenvalue weighted by molar-refractivity contribution is 14.1. The molecule has 0 aliphatic carbocycles. The number of carbonyl (C=O) groups is 4. The Morgan fingerprint density at radius 3 is 2.22 bits per heavy atom. The summed E-state index contributed by atoms with van der Waals surface area (Å²) in [6, 6.07) is 14.3. The molecule has 2 unspecified atom stereocenters. The molecule has 2 heterocycles. The first-order valence-corrected chi connectivity index (χ1v) is 20.9.